The minimum atomic E-state index is -0.733. The molecule has 0 bridgehead atoms. The van der Waals surface area contributed by atoms with Gasteiger partial charge in [0.1, 0.15) is 5.82 Å². The van der Waals surface area contributed by atoms with Crippen molar-refractivity contribution in [2.45, 2.75) is 13.8 Å². The van der Waals surface area contributed by atoms with E-state index in [0.717, 1.165) is 6.08 Å². The molecule has 8 heteroatoms. The second kappa shape index (κ2) is 10.5. The van der Waals surface area contributed by atoms with Crippen molar-refractivity contribution in [2.75, 3.05) is 26.2 Å². The summed E-state index contributed by atoms with van der Waals surface area (Å²) in [6.45, 7) is 3.72. The Morgan fingerprint density at radius 3 is 2.64 bits per heavy atom. The normalized spacial score (nSPS) is 10.6. The molecule has 1 N–H and O–H groups in total. The van der Waals surface area contributed by atoms with E-state index in [1.165, 1.54) is 29.2 Å². The van der Waals surface area contributed by atoms with Crippen LogP contribution in [0.4, 0.5) is 4.39 Å². The number of benzene rings is 1. The lowest BCUT2D eigenvalue weighted by Gasteiger charge is -2.19. The number of carbonyl (C=O) groups is 3. The van der Waals surface area contributed by atoms with Crippen LogP contribution >= 0.6 is 11.6 Å². The SMILES string of the molecule is CCNC(=O)CN(CC)C(=O)COC(=O)/C=C/c1ccc(F)c(Cl)c1. The first-order valence-corrected chi connectivity index (χ1v) is 8.09. The van der Waals surface area contributed by atoms with Crippen molar-refractivity contribution in [3.8, 4) is 0 Å². The fraction of sp³-hybridized carbons (Fsp3) is 0.353. The molecule has 0 unspecified atom stereocenters. The van der Waals surface area contributed by atoms with Crippen LogP contribution in [0.1, 0.15) is 19.4 Å². The van der Waals surface area contributed by atoms with E-state index in [4.69, 9.17) is 16.3 Å². The van der Waals surface area contributed by atoms with Crippen LogP contribution in [-0.4, -0.2) is 48.9 Å². The molecule has 25 heavy (non-hydrogen) atoms. The number of halogens is 2. The minimum Gasteiger partial charge on any atom is -0.452 e. The van der Waals surface area contributed by atoms with E-state index in [9.17, 15) is 18.8 Å². The number of ether oxygens (including phenoxy) is 1. The zero-order valence-electron chi connectivity index (χ0n) is 14.1. The molecule has 1 rings (SSSR count). The van der Waals surface area contributed by atoms with Gasteiger partial charge in [0, 0.05) is 19.2 Å². The Morgan fingerprint density at radius 2 is 2.04 bits per heavy atom. The molecule has 1 aromatic rings. The van der Waals surface area contributed by atoms with Gasteiger partial charge < -0.3 is 15.0 Å². The number of likely N-dealkylation sites (N-methyl/N-ethyl adjacent to an activating group) is 2. The maximum absolute atomic E-state index is 13.0. The van der Waals surface area contributed by atoms with Crippen molar-refractivity contribution in [1.82, 2.24) is 10.2 Å². The van der Waals surface area contributed by atoms with Crippen LogP contribution in [0.25, 0.3) is 6.08 Å². The van der Waals surface area contributed by atoms with Gasteiger partial charge in [0.25, 0.3) is 5.91 Å². The number of hydrogen-bond acceptors (Lipinski definition) is 4. The number of esters is 1. The third kappa shape index (κ3) is 7.34. The van der Waals surface area contributed by atoms with Gasteiger partial charge in [-0.1, -0.05) is 17.7 Å². The van der Waals surface area contributed by atoms with E-state index in [1.54, 1.807) is 13.8 Å². The van der Waals surface area contributed by atoms with Crippen molar-refractivity contribution in [3.63, 3.8) is 0 Å². The summed E-state index contributed by atoms with van der Waals surface area (Å²) in [5.74, 6) is -2.04. The van der Waals surface area contributed by atoms with E-state index in [2.05, 4.69) is 5.32 Å². The Labute approximate surface area is 150 Å². The van der Waals surface area contributed by atoms with Crippen molar-refractivity contribution < 1.29 is 23.5 Å². The Balaban J connectivity index is 2.50. The second-order valence-corrected chi connectivity index (χ2v) is 5.38. The summed E-state index contributed by atoms with van der Waals surface area (Å²) >= 11 is 5.64. The summed E-state index contributed by atoms with van der Waals surface area (Å²) in [6.07, 6.45) is 2.50. The number of amides is 2. The summed E-state index contributed by atoms with van der Waals surface area (Å²) < 4.78 is 17.9. The third-order valence-electron chi connectivity index (χ3n) is 3.14. The van der Waals surface area contributed by atoms with Crippen LogP contribution in [0.15, 0.2) is 24.3 Å². The van der Waals surface area contributed by atoms with Gasteiger partial charge in [0.05, 0.1) is 11.6 Å². The quantitative estimate of drug-likeness (QED) is 0.561. The van der Waals surface area contributed by atoms with E-state index >= 15 is 0 Å². The van der Waals surface area contributed by atoms with Crippen LogP contribution in [-0.2, 0) is 19.1 Å². The zero-order chi connectivity index (χ0) is 18.8. The molecular weight excluding hydrogens is 351 g/mol. The zero-order valence-corrected chi connectivity index (χ0v) is 14.8. The molecular formula is C17H20ClFN2O4. The van der Waals surface area contributed by atoms with Gasteiger partial charge in [-0.3, -0.25) is 9.59 Å². The molecule has 0 aromatic heterocycles. The highest BCUT2D eigenvalue weighted by molar-refractivity contribution is 6.30. The van der Waals surface area contributed by atoms with Gasteiger partial charge in [-0.05, 0) is 37.6 Å². The number of nitrogens with zero attached hydrogens (tertiary/aromatic N) is 1. The van der Waals surface area contributed by atoms with E-state index < -0.39 is 24.3 Å². The lowest BCUT2D eigenvalue weighted by atomic mass is 10.2. The first-order chi connectivity index (χ1) is 11.9. The maximum atomic E-state index is 13.0. The first kappa shape index (κ1) is 20.6. The number of hydrogen-bond donors (Lipinski definition) is 1. The molecule has 136 valence electrons. The van der Waals surface area contributed by atoms with E-state index in [0.29, 0.717) is 18.7 Å². The molecule has 0 fully saturated rings. The average molecular weight is 371 g/mol. The van der Waals surface area contributed by atoms with Gasteiger partial charge in [0.15, 0.2) is 6.61 Å². The van der Waals surface area contributed by atoms with Gasteiger partial charge in [-0.2, -0.15) is 0 Å². The lowest BCUT2D eigenvalue weighted by Crippen LogP contribution is -2.42. The molecule has 0 radical (unpaired) electrons. The van der Waals surface area contributed by atoms with Crippen LogP contribution < -0.4 is 5.32 Å². The fourth-order valence-electron chi connectivity index (χ4n) is 1.86. The topological polar surface area (TPSA) is 75.7 Å². The number of rotatable bonds is 8. The van der Waals surface area contributed by atoms with Gasteiger partial charge >= 0.3 is 5.97 Å². The van der Waals surface area contributed by atoms with Crippen molar-refractivity contribution in [2.24, 2.45) is 0 Å². The first-order valence-electron chi connectivity index (χ1n) is 7.71. The van der Waals surface area contributed by atoms with E-state index in [-0.39, 0.29) is 17.5 Å². The lowest BCUT2D eigenvalue weighted by molar-refractivity contribution is -0.148. The molecule has 6 nitrogen and oxygen atoms in total. The molecule has 0 aliphatic rings. The van der Waals surface area contributed by atoms with Gasteiger partial charge in [-0.15, -0.1) is 0 Å². The summed E-state index contributed by atoms with van der Waals surface area (Å²) in [5, 5.41) is 2.53. The number of nitrogens with one attached hydrogen (secondary N) is 1. The van der Waals surface area contributed by atoms with Crippen LogP contribution in [0, 0.1) is 5.82 Å². The van der Waals surface area contributed by atoms with Crippen LogP contribution in [0.5, 0.6) is 0 Å². The largest absolute Gasteiger partial charge is 0.452 e. The van der Waals surface area contributed by atoms with Crippen molar-refractivity contribution >= 4 is 35.5 Å². The van der Waals surface area contributed by atoms with Gasteiger partial charge in [0.2, 0.25) is 5.91 Å². The molecule has 0 heterocycles. The van der Waals surface area contributed by atoms with Crippen LogP contribution in [0.3, 0.4) is 0 Å². The summed E-state index contributed by atoms with van der Waals surface area (Å²) in [6, 6.07) is 3.98. The molecule has 0 aliphatic heterocycles. The molecule has 1 aromatic carbocycles. The number of carbonyl (C=O) groups excluding carboxylic acids is 3. The second-order valence-electron chi connectivity index (χ2n) is 4.98. The highest BCUT2D eigenvalue weighted by atomic mass is 35.5. The maximum Gasteiger partial charge on any atom is 0.331 e. The highest BCUT2D eigenvalue weighted by Gasteiger charge is 2.16. The van der Waals surface area contributed by atoms with Gasteiger partial charge in [-0.25, -0.2) is 9.18 Å². The third-order valence-corrected chi connectivity index (χ3v) is 3.43. The van der Waals surface area contributed by atoms with Crippen molar-refractivity contribution in [3.05, 3.63) is 40.7 Å². The Morgan fingerprint density at radius 1 is 1.32 bits per heavy atom. The molecule has 2 amide bonds. The molecule has 0 saturated carbocycles. The predicted octanol–water partition coefficient (Wildman–Crippen LogP) is 2.02. The Kier molecular flexibility index (Phi) is 8.63. The Hall–Kier alpha value is -2.41. The van der Waals surface area contributed by atoms with E-state index in [1.807, 2.05) is 0 Å². The highest BCUT2D eigenvalue weighted by Crippen LogP contribution is 2.16. The summed E-state index contributed by atoms with van der Waals surface area (Å²) in [7, 11) is 0. The van der Waals surface area contributed by atoms with Crippen molar-refractivity contribution in [1.29, 1.82) is 0 Å². The Bertz CT molecular complexity index is 664. The van der Waals surface area contributed by atoms with Crippen LogP contribution in [0.2, 0.25) is 5.02 Å². The molecule has 0 aliphatic carbocycles. The monoisotopic (exact) mass is 370 g/mol. The molecule has 0 spiro atoms. The summed E-state index contributed by atoms with van der Waals surface area (Å²) in [5.41, 5.74) is 0.515. The fourth-order valence-corrected chi connectivity index (χ4v) is 2.04. The standard InChI is InChI=1S/C17H20ClFN2O4/c1-3-20-15(22)10-21(4-2)16(23)11-25-17(24)8-6-12-5-7-14(19)13(18)9-12/h5-9H,3-4,10-11H2,1-2H3,(H,20,22)/b8-6+. The average Bonchev–Trinajstić information content (AvgIpc) is 2.58. The predicted molar refractivity (Wildman–Crippen MR) is 92.3 cm³/mol. The molecule has 0 atom stereocenters. The summed E-state index contributed by atoms with van der Waals surface area (Å²) in [4.78, 5) is 36.4. The molecule has 0 saturated heterocycles. The smallest absolute Gasteiger partial charge is 0.331 e. The minimum absolute atomic E-state index is 0.0605.